The molecule has 1 aliphatic carbocycles. The molecule has 1 aromatic heterocycles. The van der Waals surface area contributed by atoms with Gasteiger partial charge in [-0.15, -0.1) is 0 Å². The lowest BCUT2D eigenvalue weighted by Gasteiger charge is -2.41. The van der Waals surface area contributed by atoms with E-state index in [1.807, 2.05) is 45.9 Å². The number of hydrogen-bond acceptors (Lipinski definition) is 6. The SMILES string of the molecule is COC[C@]1(O)CCCC[C@H]1n1cnc(C(=O)N2CCNC[C@H]2CCNc2cccc(F)c2)c1-c1ccccc1. The van der Waals surface area contributed by atoms with Crippen LogP contribution in [0.15, 0.2) is 60.9 Å². The fraction of sp³-hybridized carbons (Fsp3) is 0.467. The molecule has 1 aliphatic heterocycles. The summed E-state index contributed by atoms with van der Waals surface area (Å²) >= 11 is 0. The van der Waals surface area contributed by atoms with Gasteiger partial charge in [-0.3, -0.25) is 4.79 Å². The van der Waals surface area contributed by atoms with Crippen LogP contribution in [-0.2, 0) is 4.74 Å². The lowest BCUT2D eigenvalue weighted by molar-refractivity contribution is -0.0893. The number of piperazine rings is 1. The van der Waals surface area contributed by atoms with Crippen molar-refractivity contribution >= 4 is 11.6 Å². The van der Waals surface area contributed by atoms with E-state index in [0.29, 0.717) is 44.7 Å². The summed E-state index contributed by atoms with van der Waals surface area (Å²) in [5.41, 5.74) is 1.71. The molecule has 2 aromatic carbocycles. The number of methoxy groups -OCH3 is 1. The molecule has 1 amide bonds. The van der Waals surface area contributed by atoms with Crippen LogP contribution in [0.5, 0.6) is 0 Å². The molecular weight excluding hydrogens is 497 g/mol. The standard InChI is InChI=1S/C30H38FN5O3/c1-39-20-30(38)14-6-5-12-26(30)36-21-34-27(28(36)22-8-3-2-4-9-22)29(37)35-17-16-32-19-25(35)13-15-33-24-11-7-10-23(31)18-24/h2-4,7-11,18,21,25-26,32-33,38H,5-6,12-17,19-20H2,1H3/t25-,26-,30-/m1/s1. The average molecular weight is 536 g/mol. The van der Waals surface area contributed by atoms with E-state index in [1.165, 1.54) is 12.1 Å². The molecule has 1 saturated carbocycles. The first-order valence-corrected chi connectivity index (χ1v) is 13.8. The van der Waals surface area contributed by atoms with E-state index in [1.54, 1.807) is 19.5 Å². The van der Waals surface area contributed by atoms with Crippen LogP contribution in [0.3, 0.4) is 0 Å². The van der Waals surface area contributed by atoms with Crippen LogP contribution >= 0.6 is 0 Å². The molecule has 5 rings (SSSR count). The fourth-order valence-corrected chi connectivity index (χ4v) is 6.06. The second-order valence-corrected chi connectivity index (χ2v) is 10.6. The number of rotatable bonds is 9. The maximum absolute atomic E-state index is 14.1. The number of carbonyl (C=O) groups is 1. The molecule has 3 aromatic rings. The van der Waals surface area contributed by atoms with Crippen molar-refractivity contribution in [2.75, 3.05) is 45.2 Å². The maximum Gasteiger partial charge on any atom is 0.275 e. The van der Waals surface area contributed by atoms with E-state index in [4.69, 9.17) is 4.74 Å². The Balaban J connectivity index is 1.42. The van der Waals surface area contributed by atoms with Crippen LogP contribution < -0.4 is 10.6 Å². The zero-order valence-electron chi connectivity index (χ0n) is 22.5. The van der Waals surface area contributed by atoms with Crippen molar-refractivity contribution in [3.05, 3.63) is 72.4 Å². The quantitative estimate of drug-likeness (QED) is 0.382. The van der Waals surface area contributed by atoms with Gasteiger partial charge in [0.2, 0.25) is 0 Å². The van der Waals surface area contributed by atoms with Crippen molar-refractivity contribution in [1.82, 2.24) is 19.8 Å². The smallest absolute Gasteiger partial charge is 0.275 e. The van der Waals surface area contributed by atoms with E-state index in [9.17, 15) is 14.3 Å². The van der Waals surface area contributed by atoms with E-state index >= 15 is 0 Å². The molecule has 3 N–H and O–H groups in total. The number of nitrogens with zero attached hydrogens (tertiary/aromatic N) is 3. The van der Waals surface area contributed by atoms with Crippen LogP contribution in [0.25, 0.3) is 11.3 Å². The predicted molar refractivity (Wildman–Crippen MR) is 149 cm³/mol. The highest BCUT2D eigenvalue weighted by Gasteiger charge is 2.42. The number of carbonyl (C=O) groups excluding carboxylic acids is 1. The summed E-state index contributed by atoms with van der Waals surface area (Å²) < 4.78 is 21.0. The van der Waals surface area contributed by atoms with Crippen molar-refractivity contribution in [3.63, 3.8) is 0 Å². The third kappa shape index (κ3) is 6.00. The molecule has 9 heteroatoms. The Morgan fingerprint density at radius 1 is 1.23 bits per heavy atom. The first kappa shape index (κ1) is 27.3. The van der Waals surface area contributed by atoms with Crippen LogP contribution in [-0.4, -0.2) is 77.0 Å². The number of imidazole rings is 1. The Morgan fingerprint density at radius 2 is 2.08 bits per heavy atom. The van der Waals surface area contributed by atoms with Gasteiger partial charge in [-0.1, -0.05) is 49.2 Å². The maximum atomic E-state index is 14.1. The first-order valence-electron chi connectivity index (χ1n) is 13.8. The van der Waals surface area contributed by atoms with Gasteiger partial charge in [0.25, 0.3) is 5.91 Å². The predicted octanol–water partition coefficient (Wildman–Crippen LogP) is 4.10. The summed E-state index contributed by atoms with van der Waals surface area (Å²) in [6, 6.07) is 15.9. The molecule has 39 heavy (non-hydrogen) atoms. The molecular formula is C30H38FN5O3. The third-order valence-electron chi connectivity index (χ3n) is 7.97. The molecule has 2 heterocycles. The van der Waals surface area contributed by atoms with Gasteiger partial charge in [0, 0.05) is 50.6 Å². The van der Waals surface area contributed by atoms with Gasteiger partial charge in [-0.05, 0) is 37.5 Å². The van der Waals surface area contributed by atoms with Crippen molar-refractivity contribution in [2.24, 2.45) is 0 Å². The topological polar surface area (TPSA) is 91.6 Å². The molecule has 0 spiro atoms. The van der Waals surface area contributed by atoms with Crippen LogP contribution in [0.1, 0.15) is 48.6 Å². The van der Waals surface area contributed by atoms with Gasteiger partial charge < -0.3 is 29.9 Å². The number of amides is 1. The van der Waals surface area contributed by atoms with Crippen LogP contribution in [0.2, 0.25) is 0 Å². The minimum absolute atomic E-state index is 0.0406. The molecule has 1 saturated heterocycles. The van der Waals surface area contributed by atoms with Gasteiger partial charge in [0.15, 0.2) is 5.69 Å². The average Bonchev–Trinajstić information content (AvgIpc) is 3.38. The molecule has 0 unspecified atom stereocenters. The molecule has 2 fully saturated rings. The third-order valence-corrected chi connectivity index (χ3v) is 7.97. The Hall–Kier alpha value is -3.27. The number of nitrogens with one attached hydrogen (secondary N) is 2. The fourth-order valence-electron chi connectivity index (χ4n) is 6.06. The minimum atomic E-state index is -1.03. The largest absolute Gasteiger partial charge is 0.385 e. The molecule has 3 atom stereocenters. The van der Waals surface area contributed by atoms with Gasteiger partial charge in [0.1, 0.15) is 11.4 Å². The zero-order valence-corrected chi connectivity index (χ0v) is 22.5. The van der Waals surface area contributed by atoms with Gasteiger partial charge in [-0.2, -0.15) is 0 Å². The molecule has 2 aliphatic rings. The Labute approximate surface area is 229 Å². The van der Waals surface area contributed by atoms with E-state index < -0.39 is 5.60 Å². The number of ether oxygens (including phenoxy) is 1. The number of anilines is 1. The number of benzene rings is 2. The Kier molecular flexibility index (Phi) is 8.60. The monoisotopic (exact) mass is 535 g/mol. The van der Waals surface area contributed by atoms with Crippen LogP contribution in [0, 0.1) is 5.82 Å². The molecule has 0 bridgehead atoms. The normalized spacial score (nSPS) is 23.5. The van der Waals surface area contributed by atoms with E-state index in [2.05, 4.69) is 15.6 Å². The van der Waals surface area contributed by atoms with Crippen molar-refractivity contribution < 1.29 is 19.0 Å². The summed E-state index contributed by atoms with van der Waals surface area (Å²) in [5.74, 6) is -0.397. The van der Waals surface area contributed by atoms with E-state index in [0.717, 1.165) is 36.2 Å². The molecule has 0 radical (unpaired) electrons. The Morgan fingerprint density at radius 3 is 2.87 bits per heavy atom. The van der Waals surface area contributed by atoms with Crippen molar-refractivity contribution in [2.45, 2.75) is 49.8 Å². The highest BCUT2D eigenvalue weighted by atomic mass is 19.1. The lowest BCUT2D eigenvalue weighted by atomic mass is 9.80. The summed E-state index contributed by atoms with van der Waals surface area (Å²) in [5, 5.41) is 18.3. The van der Waals surface area contributed by atoms with Gasteiger partial charge in [-0.25, -0.2) is 9.37 Å². The summed E-state index contributed by atoms with van der Waals surface area (Å²) in [7, 11) is 1.61. The Bertz CT molecular complexity index is 1250. The van der Waals surface area contributed by atoms with Crippen molar-refractivity contribution in [1.29, 1.82) is 0 Å². The second kappa shape index (κ2) is 12.3. The number of hydrogen-bond donors (Lipinski definition) is 3. The number of aromatic nitrogens is 2. The first-order chi connectivity index (χ1) is 19.0. The summed E-state index contributed by atoms with van der Waals surface area (Å²) in [6.07, 6.45) is 5.76. The van der Waals surface area contributed by atoms with Gasteiger partial charge in [0.05, 0.1) is 24.7 Å². The number of halogens is 1. The minimum Gasteiger partial charge on any atom is -0.385 e. The van der Waals surface area contributed by atoms with E-state index in [-0.39, 0.29) is 30.4 Å². The molecule has 208 valence electrons. The number of aliphatic hydroxyl groups is 1. The summed E-state index contributed by atoms with van der Waals surface area (Å²) in [4.78, 5) is 20.7. The zero-order chi connectivity index (χ0) is 27.2. The van der Waals surface area contributed by atoms with Gasteiger partial charge >= 0.3 is 0 Å². The highest BCUT2D eigenvalue weighted by molar-refractivity contribution is 5.98. The van der Waals surface area contributed by atoms with Crippen molar-refractivity contribution in [3.8, 4) is 11.3 Å². The van der Waals surface area contributed by atoms with Crippen LogP contribution in [0.4, 0.5) is 10.1 Å². The second-order valence-electron chi connectivity index (χ2n) is 10.6. The lowest BCUT2D eigenvalue weighted by Crippen LogP contribution is -2.54. The summed E-state index contributed by atoms with van der Waals surface area (Å²) in [6.45, 7) is 2.78. The highest BCUT2D eigenvalue weighted by Crippen LogP contribution is 2.41. The molecule has 8 nitrogen and oxygen atoms in total.